The number of benzene rings is 1. The van der Waals surface area contributed by atoms with Crippen molar-refractivity contribution in [1.82, 2.24) is 15.3 Å². The molecule has 2 saturated heterocycles. The van der Waals surface area contributed by atoms with Crippen molar-refractivity contribution in [3.63, 3.8) is 0 Å². The topological polar surface area (TPSA) is 67.4 Å². The van der Waals surface area contributed by atoms with E-state index in [2.05, 4.69) is 15.2 Å². The molecule has 6 nitrogen and oxygen atoms in total. The first-order valence-electron chi connectivity index (χ1n) is 9.57. The van der Waals surface area contributed by atoms with Crippen LogP contribution in [0.25, 0.3) is 11.0 Å². The Labute approximate surface area is 158 Å². The third-order valence-corrected chi connectivity index (χ3v) is 5.56. The summed E-state index contributed by atoms with van der Waals surface area (Å²) in [5.41, 5.74) is 1.20. The van der Waals surface area contributed by atoms with Crippen molar-refractivity contribution in [2.24, 2.45) is 5.92 Å². The summed E-state index contributed by atoms with van der Waals surface area (Å²) < 4.78 is 20.4. The maximum atomic E-state index is 15.2. The minimum Gasteiger partial charge on any atom is -0.381 e. The Hall–Kier alpha value is -2.28. The van der Waals surface area contributed by atoms with Gasteiger partial charge in [0.05, 0.1) is 35.8 Å². The molecule has 1 atom stereocenters. The van der Waals surface area contributed by atoms with Crippen LogP contribution >= 0.6 is 0 Å². The summed E-state index contributed by atoms with van der Waals surface area (Å²) in [7, 11) is 0. The van der Waals surface area contributed by atoms with Crippen molar-refractivity contribution >= 4 is 22.8 Å². The number of aromatic nitrogens is 2. The van der Waals surface area contributed by atoms with Gasteiger partial charge in [0.2, 0.25) is 5.91 Å². The molecule has 27 heavy (non-hydrogen) atoms. The molecule has 0 radical (unpaired) electrons. The van der Waals surface area contributed by atoms with Crippen molar-refractivity contribution in [1.29, 1.82) is 0 Å². The van der Waals surface area contributed by atoms with E-state index in [-0.39, 0.29) is 18.4 Å². The van der Waals surface area contributed by atoms with Crippen molar-refractivity contribution in [2.45, 2.75) is 31.9 Å². The highest BCUT2D eigenvalue weighted by atomic mass is 19.1. The zero-order valence-corrected chi connectivity index (χ0v) is 15.6. The highest BCUT2D eigenvalue weighted by Gasteiger charge is 2.36. The lowest BCUT2D eigenvalue weighted by Crippen LogP contribution is -2.49. The van der Waals surface area contributed by atoms with Gasteiger partial charge in [0.25, 0.3) is 0 Å². The van der Waals surface area contributed by atoms with Crippen molar-refractivity contribution in [3.8, 4) is 0 Å². The molecule has 3 heterocycles. The Balaban J connectivity index is 1.38. The van der Waals surface area contributed by atoms with Gasteiger partial charge in [-0.1, -0.05) is 12.1 Å². The SMILES string of the molecule is Cc1nc2ccccc2nc1N1CCC(F)(CNC(=O)C2CCOC2)CC1. The molecular weight excluding hydrogens is 347 g/mol. The Morgan fingerprint density at radius 3 is 2.67 bits per heavy atom. The number of ether oxygens (including phenoxy) is 1. The molecule has 144 valence electrons. The van der Waals surface area contributed by atoms with Crippen LogP contribution in [-0.2, 0) is 9.53 Å². The quantitative estimate of drug-likeness (QED) is 0.893. The van der Waals surface area contributed by atoms with Crippen LogP contribution in [0.4, 0.5) is 10.2 Å². The second kappa shape index (κ2) is 7.38. The number of amides is 1. The minimum atomic E-state index is -1.37. The average Bonchev–Trinajstić information content (AvgIpc) is 3.21. The van der Waals surface area contributed by atoms with Crippen LogP contribution in [0.3, 0.4) is 0 Å². The number of carbonyl (C=O) groups excluding carboxylic acids is 1. The van der Waals surface area contributed by atoms with Gasteiger partial charge in [-0.15, -0.1) is 0 Å². The van der Waals surface area contributed by atoms with E-state index in [0.717, 1.165) is 29.0 Å². The summed E-state index contributed by atoms with van der Waals surface area (Å²) in [6.45, 7) is 4.19. The Bertz CT molecular complexity index is 830. The lowest BCUT2D eigenvalue weighted by Gasteiger charge is -2.37. The molecule has 1 aromatic carbocycles. The number of hydrogen-bond donors (Lipinski definition) is 1. The van der Waals surface area contributed by atoms with E-state index >= 15 is 4.39 Å². The number of piperidine rings is 1. The normalized spacial score (nSPS) is 22.1. The highest BCUT2D eigenvalue weighted by Crippen LogP contribution is 2.30. The van der Waals surface area contributed by atoms with Crippen LogP contribution < -0.4 is 10.2 Å². The summed E-state index contributed by atoms with van der Waals surface area (Å²) in [5, 5.41) is 2.78. The first kappa shape index (κ1) is 18.1. The summed E-state index contributed by atoms with van der Waals surface area (Å²) in [6, 6.07) is 7.77. The molecule has 0 aliphatic carbocycles. The maximum absolute atomic E-state index is 15.2. The van der Waals surface area contributed by atoms with E-state index in [1.807, 2.05) is 31.2 Å². The van der Waals surface area contributed by atoms with Gasteiger partial charge in [0.15, 0.2) is 5.82 Å². The summed E-state index contributed by atoms with van der Waals surface area (Å²) >= 11 is 0. The molecular formula is C20H25FN4O2. The van der Waals surface area contributed by atoms with Gasteiger partial charge >= 0.3 is 0 Å². The van der Waals surface area contributed by atoms with Gasteiger partial charge in [-0.25, -0.2) is 14.4 Å². The zero-order valence-electron chi connectivity index (χ0n) is 15.6. The standard InChI is InChI=1S/C20H25FN4O2/c1-14-18(24-17-5-3-2-4-16(17)23-14)25-9-7-20(21,8-10-25)13-22-19(26)15-6-11-27-12-15/h2-5,15H,6-13H2,1H3,(H,22,26). The Morgan fingerprint density at radius 2 is 2.00 bits per heavy atom. The van der Waals surface area contributed by atoms with Crippen LogP contribution in [0.1, 0.15) is 25.0 Å². The van der Waals surface area contributed by atoms with E-state index in [1.165, 1.54) is 0 Å². The van der Waals surface area contributed by atoms with Gasteiger partial charge in [0.1, 0.15) is 5.67 Å². The van der Waals surface area contributed by atoms with Crippen LogP contribution in [-0.4, -0.2) is 54.4 Å². The largest absolute Gasteiger partial charge is 0.381 e. The first-order chi connectivity index (χ1) is 13.0. The number of halogens is 1. The number of alkyl halides is 1. The molecule has 1 aromatic heterocycles. The molecule has 2 aliphatic rings. The number of nitrogens with one attached hydrogen (secondary N) is 1. The van der Waals surface area contributed by atoms with Crippen molar-refractivity contribution in [3.05, 3.63) is 30.0 Å². The third-order valence-electron chi connectivity index (χ3n) is 5.56. The van der Waals surface area contributed by atoms with Crippen LogP contribution in [0, 0.1) is 12.8 Å². The van der Waals surface area contributed by atoms with E-state index in [4.69, 9.17) is 9.72 Å². The Kier molecular flexibility index (Phi) is 4.95. The lowest BCUT2D eigenvalue weighted by molar-refractivity contribution is -0.125. The molecule has 0 saturated carbocycles. The smallest absolute Gasteiger partial charge is 0.225 e. The lowest BCUT2D eigenvalue weighted by atomic mass is 9.92. The summed E-state index contributed by atoms with van der Waals surface area (Å²) in [4.78, 5) is 23.5. The highest BCUT2D eigenvalue weighted by molar-refractivity contribution is 5.79. The van der Waals surface area contributed by atoms with Gasteiger partial charge in [0, 0.05) is 32.5 Å². The number of nitrogens with zero attached hydrogens (tertiary/aromatic N) is 3. The van der Waals surface area contributed by atoms with Gasteiger partial charge in [-0.2, -0.15) is 0 Å². The maximum Gasteiger partial charge on any atom is 0.225 e. The number of rotatable bonds is 4. The molecule has 7 heteroatoms. The van der Waals surface area contributed by atoms with E-state index in [9.17, 15) is 4.79 Å². The number of fused-ring (bicyclic) bond motifs is 1. The van der Waals surface area contributed by atoms with E-state index < -0.39 is 5.67 Å². The molecule has 1 amide bonds. The van der Waals surface area contributed by atoms with E-state index in [1.54, 1.807) is 0 Å². The number of aryl methyl sites for hydroxylation is 1. The third kappa shape index (κ3) is 3.88. The molecule has 2 aromatic rings. The molecule has 0 spiro atoms. The van der Waals surface area contributed by atoms with Crippen molar-refractivity contribution in [2.75, 3.05) is 37.7 Å². The molecule has 4 rings (SSSR count). The van der Waals surface area contributed by atoms with E-state index in [0.29, 0.717) is 39.1 Å². The number of anilines is 1. The zero-order chi connectivity index (χ0) is 18.9. The van der Waals surface area contributed by atoms with Gasteiger partial charge < -0.3 is 15.0 Å². The predicted octanol–water partition coefficient (Wildman–Crippen LogP) is 2.40. The monoisotopic (exact) mass is 372 g/mol. The molecule has 1 unspecified atom stereocenters. The van der Waals surface area contributed by atoms with Crippen LogP contribution in [0.15, 0.2) is 24.3 Å². The van der Waals surface area contributed by atoms with Crippen LogP contribution in [0.2, 0.25) is 0 Å². The summed E-state index contributed by atoms with van der Waals surface area (Å²) in [6.07, 6.45) is 1.45. The number of para-hydroxylation sites is 2. The summed E-state index contributed by atoms with van der Waals surface area (Å²) in [5.74, 6) is 0.593. The molecule has 1 N–H and O–H groups in total. The molecule has 2 aliphatic heterocycles. The average molecular weight is 372 g/mol. The second-order valence-electron chi connectivity index (χ2n) is 7.54. The predicted molar refractivity (Wildman–Crippen MR) is 101 cm³/mol. The Morgan fingerprint density at radius 1 is 1.30 bits per heavy atom. The van der Waals surface area contributed by atoms with Gasteiger partial charge in [-0.3, -0.25) is 4.79 Å². The fourth-order valence-corrected chi connectivity index (χ4v) is 3.81. The second-order valence-corrected chi connectivity index (χ2v) is 7.54. The minimum absolute atomic E-state index is 0.0680. The molecule has 2 fully saturated rings. The number of carbonyl (C=O) groups is 1. The fraction of sp³-hybridized carbons (Fsp3) is 0.550. The molecule has 0 bridgehead atoms. The fourth-order valence-electron chi connectivity index (χ4n) is 3.81. The van der Waals surface area contributed by atoms with Crippen LogP contribution in [0.5, 0.6) is 0 Å². The van der Waals surface area contributed by atoms with Gasteiger partial charge in [-0.05, 0) is 25.5 Å². The number of hydrogen-bond acceptors (Lipinski definition) is 5. The first-order valence-corrected chi connectivity index (χ1v) is 9.57. The van der Waals surface area contributed by atoms with Crippen molar-refractivity contribution < 1.29 is 13.9 Å².